The number of aryl methyl sites for hydroxylation is 2. The van der Waals surface area contributed by atoms with Gasteiger partial charge in [-0.2, -0.15) is 0 Å². The Labute approximate surface area is 142 Å². The van der Waals surface area contributed by atoms with Crippen LogP contribution in [0.15, 0.2) is 42.5 Å². The first-order valence-corrected chi connectivity index (χ1v) is 8.97. The summed E-state index contributed by atoms with van der Waals surface area (Å²) in [5.41, 5.74) is 6.74. The van der Waals surface area contributed by atoms with Crippen LogP contribution in [-0.2, 0) is 12.8 Å². The average Bonchev–Trinajstić information content (AvgIpc) is 3.02. The fraction of sp³-hybridized carbons (Fsp3) is 0.421. The monoisotopic (exact) mass is 331 g/mol. The number of hydrogen-bond acceptors (Lipinski definition) is 4. The number of carbonyl (C=O) groups is 1. The van der Waals surface area contributed by atoms with Gasteiger partial charge in [-0.3, -0.25) is 4.79 Å². The number of rotatable bonds is 9. The van der Waals surface area contributed by atoms with Gasteiger partial charge in [-0.25, -0.2) is 0 Å². The van der Waals surface area contributed by atoms with E-state index in [0.717, 1.165) is 30.6 Å². The van der Waals surface area contributed by atoms with Crippen LogP contribution >= 0.6 is 11.3 Å². The summed E-state index contributed by atoms with van der Waals surface area (Å²) in [6, 6.07) is 14.2. The molecule has 23 heavy (non-hydrogen) atoms. The summed E-state index contributed by atoms with van der Waals surface area (Å²) in [4.78, 5) is 14.3. The minimum Gasteiger partial charge on any atom is -0.379 e. The molecule has 0 fully saturated rings. The third kappa shape index (κ3) is 5.90. The van der Waals surface area contributed by atoms with E-state index in [0.29, 0.717) is 6.42 Å². The highest BCUT2D eigenvalue weighted by atomic mass is 32.1. The molecule has 0 amide bonds. The Morgan fingerprint density at radius 2 is 1.91 bits per heavy atom. The lowest BCUT2D eigenvalue weighted by Crippen LogP contribution is -2.27. The maximum absolute atomic E-state index is 12.2. The molecule has 0 saturated carbocycles. The molecule has 4 heteroatoms. The molecule has 124 valence electrons. The summed E-state index contributed by atoms with van der Waals surface area (Å²) in [7, 11) is 0. The van der Waals surface area contributed by atoms with Gasteiger partial charge in [0.05, 0.1) is 4.88 Å². The normalized spacial score (nSPS) is 13.7. The van der Waals surface area contributed by atoms with Crippen molar-refractivity contribution < 1.29 is 9.90 Å². The summed E-state index contributed by atoms with van der Waals surface area (Å²) >= 11 is 1.57. The number of aliphatic hydroxyl groups is 1. The molecule has 1 heterocycles. The smallest absolute Gasteiger partial charge is 0.172 e. The van der Waals surface area contributed by atoms with E-state index in [4.69, 9.17) is 5.73 Å². The van der Waals surface area contributed by atoms with Gasteiger partial charge >= 0.3 is 0 Å². The van der Waals surface area contributed by atoms with Crippen molar-refractivity contribution in [2.75, 3.05) is 0 Å². The fourth-order valence-corrected chi connectivity index (χ4v) is 3.41. The molecule has 0 aliphatic rings. The molecule has 0 aliphatic heterocycles. The Kier molecular flexibility index (Phi) is 6.96. The molecular weight excluding hydrogens is 306 g/mol. The number of benzene rings is 1. The van der Waals surface area contributed by atoms with Crippen molar-refractivity contribution in [1.82, 2.24) is 0 Å². The molecule has 2 aromatic rings. The molecule has 2 atom stereocenters. The summed E-state index contributed by atoms with van der Waals surface area (Å²) < 4.78 is 0. The lowest BCUT2D eigenvalue weighted by Gasteiger charge is -2.13. The molecule has 0 aliphatic carbocycles. The number of nitrogens with two attached hydrogens (primary N) is 1. The Bertz CT molecular complexity index is 607. The van der Waals surface area contributed by atoms with E-state index in [1.807, 2.05) is 37.3 Å². The Morgan fingerprint density at radius 3 is 2.61 bits per heavy atom. The quantitative estimate of drug-likeness (QED) is 0.542. The first kappa shape index (κ1) is 17.9. The molecule has 3 nitrogen and oxygen atoms in total. The maximum Gasteiger partial charge on any atom is 0.172 e. The maximum atomic E-state index is 12.2. The van der Waals surface area contributed by atoms with Crippen LogP contribution in [0.1, 0.15) is 46.3 Å². The SMILES string of the molecule is C[C@H](CCc1ccc(C(=O)CCCc2ccccc2)s1)C(N)O. The van der Waals surface area contributed by atoms with Gasteiger partial charge < -0.3 is 10.8 Å². The van der Waals surface area contributed by atoms with Crippen molar-refractivity contribution >= 4 is 17.1 Å². The van der Waals surface area contributed by atoms with E-state index in [2.05, 4.69) is 12.1 Å². The van der Waals surface area contributed by atoms with Crippen molar-refractivity contribution in [2.45, 2.75) is 45.3 Å². The summed E-state index contributed by atoms with van der Waals surface area (Å²) in [5.74, 6) is 0.297. The van der Waals surface area contributed by atoms with Gasteiger partial charge in [0, 0.05) is 11.3 Å². The Hall–Kier alpha value is -1.49. The summed E-state index contributed by atoms with van der Waals surface area (Å²) in [6.07, 6.45) is 3.33. The van der Waals surface area contributed by atoms with Crippen molar-refractivity contribution in [3.8, 4) is 0 Å². The number of hydrogen-bond donors (Lipinski definition) is 2. The summed E-state index contributed by atoms with van der Waals surface area (Å²) in [5, 5.41) is 9.31. The van der Waals surface area contributed by atoms with Crippen molar-refractivity contribution in [2.24, 2.45) is 11.7 Å². The molecule has 2 rings (SSSR count). The van der Waals surface area contributed by atoms with E-state index >= 15 is 0 Å². The number of thiophene rings is 1. The number of ketones is 1. The van der Waals surface area contributed by atoms with E-state index in [-0.39, 0.29) is 11.7 Å². The zero-order valence-corrected chi connectivity index (χ0v) is 14.4. The second-order valence-corrected chi connectivity index (χ2v) is 7.20. The first-order chi connectivity index (χ1) is 11.1. The van der Waals surface area contributed by atoms with E-state index in [1.165, 1.54) is 10.4 Å². The van der Waals surface area contributed by atoms with Gasteiger partial charge in [-0.05, 0) is 49.3 Å². The fourth-order valence-electron chi connectivity index (χ4n) is 2.42. The van der Waals surface area contributed by atoms with E-state index in [9.17, 15) is 9.90 Å². The third-order valence-corrected chi connectivity index (χ3v) is 5.26. The average molecular weight is 331 g/mol. The molecule has 0 bridgehead atoms. The van der Waals surface area contributed by atoms with Crippen LogP contribution < -0.4 is 5.73 Å². The van der Waals surface area contributed by atoms with Crippen LogP contribution in [0, 0.1) is 5.92 Å². The van der Waals surface area contributed by atoms with Crippen LogP contribution in [0.3, 0.4) is 0 Å². The predicted octanol–water partition coefficient (Wildman–Crippen LogP) is 3.80. The molecule has 1 aromatic heterocycles. The lowest BCUT2D eigenvalue weighted by atomic mass is 10.0. The van der Waals surface area contributed by atoms with Gasteiger partial charge in [0.25, 0.3) is 0 Å². The zero-order chi connectivity index (χ0) is 16.7. The molecule has 0 saturated heterocycles. The van der Waals surface area contributed by atoms with Gasteiger partial charge in [-0.1, -0.05) is 37.3 Å². The largest absolute Gasteiger partial charge is 0.379 e. The minimum atomic E-state index is -0.769. The highest BCUT2D eigenvalue weighted by molar-refractivity contribution is 7.14. The lowest BCUT2D eigenvalue weighted by molar-refractivity contribution is 0.0984. The topological polar surface area (TPSA) is 63.3 Å². The summed E-state index contributed by atoms with van der Waals surface area (Å²) in [6.45, 7) is 1.94. The number of Topliss-reactive ketones (excluding diaryl/α,β-unsaturated/α-hetero) is 1. The first-order valence-electron chi connectivity index (χ1n) is 8.15. The molecule has 3 N–H and O–H groups in total. The van der Waals surface area contributed by atoms with E-state index < -0.39 is 6.23 Å². The Morgan fingerprint density at radius 1 is 1.17 bits per heavy atom. The highest BCUT2D eigenvalue weighted by Crippen LogP contribution is 2.22. The van der Waals surface area contributed by atoms with Gasteiger partial charge in [0.15, 0.2) is 5.78 Å². The molecule has 1 aromatic carbocycles. The van der Waals surface area contributed by atoms with Crippen molar-refractivity contribution in [3.05, 3.63) is 57.8 Å². The van der Waals surface area contributed by atoms with Crippen LogP contribution in [0.2, 0.25) is 0 Å². The predicted molar refractivity (Wildman–Crippen MR) is 95.7 cm³/mol. The van der Waals surface area contributed by atoms with Gasteiger partial charge in [0.1, 0.15) is 6.23 Å². The Balaban J connectivity index is 1.77. The van der Waals surface area contributed by atoms with Gasteiger partial charge in [-0.15, -0.1) is 11.3 Å². The second kappa shape index (κ2) is 8.96. The van der Waals surface area contributed by atoms with E-state index in [1.54, 1.807) is 11.3 Å². The number of carbonyl (C=O) groups excluding carboxylic acids is 1. The van der Waals surface area contributed by atoms with Crippen LogP contribution in [-0.4, -0.2) is 17.1 Å². The van der Waals surface area contributed by atoms with Crippen LogP contribution in [0.4, 0.5) is 0 Å². The zero-order valence-electron chi connectivity index (χ0n) is 13.6. The molecular formula is C19H25NO2S. The number of aliphatic hydroxyl groups excluding tert-OH is 1. The van der Waals surface area contributed by atoms with Crippen molar-refractivity contribution in [1.29, 1.82) is 0 Å². The third-order valence-electron chi connectivity index (χ3n) is 4.08. The standard InChI is InChI=1S/C19H25NO2S/c1-14(19(20)22)10-11-16-12-13-18(23-16)17(21)9-5-8-15-6-3-2-4-7-15/h2-4,6-7,12-14,19,22H,5,8-11,20H2,1H3/t14-,19?/m1/s1. The second-order valence-electron chi connectivity index (χ2n) is 6.03. The van der Waals surface area contributed by atoms with Crippen LogP contribution in [0.5, 0.6) is 0 Å². The highest BCUT2D eigenvalue weighted by Gasteiger charge is 2.12. The molecule has 0 spiro atoms. The van der Waals surface area contributed by atoms with Crippen LogP contribution in [0.25, 0.3) is 0 Å². The van der Waals surface area contributed by atoms with Crippen molar-refractivity contribution in [3.63, 3.8) is 0 Å². The minimum absolute atomic E-state index is 0.0714. The van der Waals surface area contributed by atoms with Gasteiger partial charge in [0.2, 0.25) is 0 Å². The molecule has 1 unspecified atom stereocenters. The molecule has 0 radical (unpaired) electrons.